The number of nitrogens with one attached hydrogen (secondary N) is 1. The maximum absolute atomic E-state index is 12.4. The zero-order chi connectivity index (χ0) is 25.9. The van der Waals surface area contributed by atoms with Crippen LogP contribution in [0.5, 0.6) is 0 Å². The summed E-state index contributed by atoms with van der Waals surface area (Å²) in [7, 11) is 4.00. The molecule has 0 bridgehead atoms. The van der Waals surface area contributed by atoms with Crippen molar-refractivity contribution in [3.05, 3.63) is 105 Å². The molecule has 188 valence electrons. The Morgan fingerprint density at radius 3 is 2.59 bits per heavy atom. The fourth-order valence-corrected chi connectivity index (χ4v) is 4.88. The maximum atomic E-state index is 12.4. The van der Waals surface area contributed by atoms with Crippen molar-refractivity contribution in [2.45, 2.75) is 18.8 Å². The molecule has 1 atom stereocenters. The first-order chi connectivity index (χ1) is 17.9. The number of hydrogen-bond donors (Lipinski definition) is 1. The van der Waals surface area contributed by atoms with Crippen LogP contribution in [-0.2, 0) is 17.6 Å². The van der Waals surface area contributed by atoms with E-state index in [-0.39, 0.29) is 18.5 Å². The second kappa shape index (κ2) is 10.8. The van der Waals surface area contributed by atoms with Crippen LogP contribution in [0.2, 0.25) is 10.0 Å². The first kappa shape index (κ1) is 25.1. The highest BCUT2D eigenvalue weighted by molar-refractivity contribution is 6.42. The molecule has 1 aliphatic rings. The van der Waals surface area contributed by atoms with Gasteiger partial charge in [0, 0.05) is 43.9 Å². The first-order valence-electron chi connectivity index (χ1n) is 12.0. The molecule has 37 heavy (non-hydrogen) atoms. The molecule has 0 fully saturated rings. The molecule has 0 radical (unpaired) electrons. The Hall–Kier alpha value is -3.61. The third-order valence-corrected chi connectivity index (χ3v) is 7.26. The number of nitrogens with zero attached hydrogens (tertiary/aromatic N) is 3. The summed E-state index contributed by atoms with van der Waals surface area (Å²) in [5.41, 5.74) is 7.23. The monoisotopic (exact) mass is 532 g/mol. The molecule has 0 saturated carbocycles. The number of anilines is 2. The number of aromatic nitrogens is 2. The highest BCUT2D eigenvalue weighted by atomic mass is 35.5. The van der Waals surface area contributed by atoms with Gasteiger partial charge in [0.2, 0.25) is 5.95 Å². The van der Waals surface area contributed by atoms with E-state index in [0.29, 0.717) is 22.9 Å². The SMILES string of the molecule is CN(C)c1ccc(CCOC(=O)Nc2ncc3c(n2)-c2ccccc2[C@H](c2ccc(Cl)c(Cl)c2)C3)cc1. The van der Waals surface area contributed by atoms with E-state index in [0.717, 1.165) is 39.2 Å². The smallest absolute Gasteiger partial charge is 0.414 e. The molecule has 0 aliphatic heterocycles. The van der Waals surface area contributed by atoms with Gasteiger partial charge >= 0.3 is 6.09 Å². The van der Waals surface area contributed by atoms with E-state index in [1.54, 1.807) is 6.20 Å². The number of fused-ring (bicyclic) bond motifs is 3. The second-order valence-electron chi connectivity index (χ2n) is 9.16. The lowest BCUT2D eigenvalue weighted by Gasteiger charge is -2.27. The molecule has 4 aromatic rings. The van der Waals surface area contributed by atoms with E-state index < -0.39 is 6.09 Å². The Labute approximate surface area is 226 Å². The Morgan fingerprint density at radius 2 is 1.84 bits per heavy atom. The number of carbonyl (C=O) groups excluding carboxylic acids is 1. The zero-order valence-electron chi connectivity index (χ0n) is 20.5. The Bertz CT molecular complexity index is 1440. The van der Waals surface area contributed by atoms with Crippen molar-refractivity contribution in [2.24, 2.45) is 0 Å². The van der Waals surface area contributed by atoms with Crippen LogP contribution in [0.3, 0.4) is 0 Å². The lowest BCUT2D eigenvalue weighted by Crippen LogP contribution is -2.19. The van der Waals surface area contributed by atoms with Crippen molar-refractivity contribution in [3.63, 3.8) is 0 Å². The van der Waals surface area contributed by atoms with Gasteiger partial charge in [0.25, 0.3) is 0 Å². The van der Waals surface area contributed by atoms with Gasteiger partial charge in [-0.05, 0) is 52.9 Å². The summed E-state index contributed by atoms with van der Waals surface area (Å²) in [5.74, 6) is 0.305. The summed E-state index contributed by atoms with van der Waals surface area (Å²) in [4.78, 5) is 23.5. The lowest BCUT2D eigenvalue weighted by molar-refractivity contribution is 0.163. The van der Waals surface area contributed by atoms with Crippen LogP contribution in [0.4, 0.5) is 16.4 Å². The number of rotatable bonds is 6. The maximum Gasteiger partial charge on any atom is 0.414 e. The van der Waals surface area contributed by atoms with Crippen molar-refractivity contribution in [2.75, 3.05) is 30.9 Å². The summed E-state index contributed by atoms with van der Waals surface area (Å²) in [6.45, 7) is 0.256. The minimum Gasteiger partial charge on any atom is -0.449 e. The summed E-state index contributed by atoms with van der Waals surface area (Å²) < 4.78 is 5.37. The molecule has 6 nitrogen and oxygen atoms in total. The molecule has 0 saturated heterocycles. The number of benzene rings is 3. The minimum atomic E-state index is -0.581. The van der Waals surface area contributed by atoms with Gasteiger partial charge in [0.05, 0.1) is 22.3 Å². The van der Waals surface area contributed by atoms with E-state index in [9.17, 15) is 4.79 Å². The molecule has 5 rings (SSSR count). The van der Waals surface area contributed by atoms with E-state index in [2.05, 4.69) is 21.4 Å². The lowest BCUT2D eigenvalue weighted by atomic mass is 9.78. The summed E-state index contributed by atoms with van der Waals surface area (Å²) in [6, 6.07) is 22.0. The van der Waals surface area contributed by atoms with Gasteiger partial charge in [-0.1, -0.05) is 65.7 Å². The van der Waals surface area contributed by atoms with Crippen LogP contribution in [0, 0.1) is 0 Å². The van der Waals surface area contributed by atoms with Gasteiger partial charge in [0.1, 0.15) is 0 Å². The summed E-state index contributed by atoms with van der Waals surface area (Å²) in [5, 5.41) is 3.73. The minimum absolute atomic E-state index is 0.0950. The van der Waals surface area contributed by atoms with Crippen LogP contribution in [-0.4, -0.2) is 36.8 Å². The molecular formula is C29H26Cl2N4O2. The molecule has 1 aromatic heterocycles. The van der Waals surface area contributed by atoms with Crippen LogP contribution < -0.4 is 10.2 Å². The fraction of sp³-hybridized carbons (Fsp3) is 0.207. The summed E-state index contributed by atoms with van der Waals surface area (Å²) in [6.07, 6.45) is 2.52. The highest BCUT2D eigenvalue weighted by Crippen LogP contribution is 2.42. The Balaban J connectivity index is 1.28. The number of halogens is 2. The molecule has 1 aliphatic carbocycles. The zero-order valence-corrected chi connectivity index (χ0v) is 22.1. The second-order valence-corrected chi connectivity index (χ2v) is 9.97. The van der Waals surface area contributed by atoms with E-state index in [4.69, 9.17) is 27.9 Å². The van der Waals surface area contributed by atoms with Gasteiger partial charge in [-0.3, -0.25) is 5.32 Å². The third-order valence-electron chi connectivity index (χ3n) is 6.52. The normalized spacial score (nSPS) is 13.9. The van der Waals surface area contributed by atoms with Gasteiger partial charge in [-0.25, -0.2) is 14.8 Å². The number of amides is 1. The van der Waals surface area contributed by atoms with Crippen molar-refractivity contribution in [1.82, 2.24) is 9.97 Å². The fourth-order valence-electron chi connectivity index (χ4n) is 4.57. The van der Waals surface area contributed by atoms with Gasteiger partial charge in [0.15, 0.2) is 0 Å². The average molecular weight is 533 g/mol. The molecule has 0 spiro atoms. The van der Waals surface area contributed by atoms with Crippen molar-refractivity contribution in [1.29, 1.82) is 0 Å². The average Bonchev–Trinajstić information content (AvgIpc) is 2.90. The number of ether oxygens (including phenoxy) is 1. The molecule has 0 unspecified atom stereocenters. The summed E-state index contributed by atoms with van der Waals surface area (Å²) >= 11 is 12.4. The van der Waals surface area contributed by atoms with E-state index in [1.165, 1.54) is 0 Å². The molecule has 8 heteroatoms. The third kappa shape index (κ3) is 5.55. The van der Waals surface area contributed by atoms with Crippen LogP contribution in [0.15, 0.2) is 72.9 Å². The molecular weight excluding hydrogens is 507 g/mol. The predicted molar refractivity (Wildman–Crippen MR) is 149 cm³/mol. The molecule has 3 aromatic carbocycles. The van der Waals surface area contributed by atoms with E-state index >= 15 is 0 Å². The van der Waals surface area contributed by atoms with Crippen molar-refractivity contribution >= 4 is 40.9 Å². The topological polar surface area (TPSA) is 67.3 Å². The number of carbonyl (C=O) groups is 1. The van der Waals surface area contributed by atoms with Crippen molar-refractivity contribution < 1.29 is 9.53 Å². The van der Waals surface area contributed by atoms with Crippen molar-refractivity contribution in [3.8, 4) is 11.3 Å². The molecule has 1 N–H and O–H groups in total. The predicted octanol–water partition coefficient (Wildman–Crippen LogP) is 7.00. The van der Waals surface area contributed by atoms with Crippen LogP contribution in [0.25, 0.3) is 11.3 Å². The van der Waals surface area contributed by atoms with Gasteiger partial charge in [-0.15, -0.1) is 0 Å². The van der Waals surface area contributed by atoms with Crippen LogP contribution in [0.1, 0.15) is 28.2 Å². The quantitative estimate of drug-likeness (QED) is 0.289. The molecule has 1 amide bonds. The largest absolute Gasteiger partial charge is 0.449 e. The van der Waals surface area contributed by atoms with E-state index in [1.807, 2.05) is 79.7 Å². The Morgan fingerprint density at radius 1 is 1.05 bits per heavy atom. The highest BCUT2D eigenvalue weighted by Gasteiger charge is 2.28. The number of hydrogen-bond acceptors (Lipinski definition) is 5. The Kier molecular flexibility index (Phi) is 7.31. The van der Waals surface area contributed by atoms with Gasteiger partial charge in [-0.2, -0.15) is 0 Å². The standard InChI is InChI=1S/C29H26Cl2N4O2/c1-35(2)21-10-7-18(8-11-21)13-14-37-29(36)34-28-32-17-20-15-24(19-9-12-25(30)26(31)16-19)22-5-3-4-6-23(22)27(20)33-28/h3-12,16-17,24H,13-15H2,1-2H3,(H,32,33,34,36)/t24-/m0/s1. The molecule has 1 heterocycles. The van der Waals surface area contributed by atoms with Crippen LogP contribution >= 0.6 is 23.2 Å². The first-order valence-corrected chi connectivity index (χ1v) is 12.7. The van der Waals surface area contributed by atoms with Gasteiger partial charge < -0.3 is 9.64 Å².